The van der Waals surface area contributed by atoms with Crippen molar-refractivity contribution in [1.29, 1.82) is 10.5 Å². The van der Waals surface area contributed by atoms with Gasteiger partial charge in [0.2, 0.25) is 0 Å². The highest BCUT2D eigenvalue weighted by atomic mass is 35.5. The fraction of sp³-hybridized carbons (Fsp3) is 0.167. The minimum Gasteiger partial charge on any atom is -0.446 e. The molecule has 0 aliphatic rings. The van der Waals surface area contributed by atoms with E-state index in [0.29, 0.717) is 21.3 Å². The molecule has 25 heavy (non-hydrogen) atoms. The number of hydrogen-bond donors (Lipinski definition) is 0. The summed E-state index contributed by atoms with van der Waals surface area (Å²) in [6.07, 6.45) is 1.43. The van der Waals surface area contributed by atoms with E-state index in [2.05, 4.69) is 4.74 Å². The lowest BCUT2D eigenvalue weighted by molar-refractivity contribution is -0.137. The van der Waals surface area contributed by atoms with Crippen molar-refractivity contribution in [2.24, 2.45) is 0 Å². The van der Waals surface area contributed by atoms with Gasteiger partial charge in [-0.05, 0) is 43.7 Å². The number of carbonyl (C=O) groups excluding carboxylic acids is 1. The molecule has 1 aromatic carbocycles. The van der Waals surface area contributed by atoms with Crippen LogP contribution in [0.4, 0.5) is 0 Å². The summed E-state index contributed by atoms with van der Waals surface area (Å²) in [5.41, 5.74) is 2.82. The van der Waals surface area contributed by atoms with Crippen molar-refractivity contribution < 1.29 is 9.53 Å². The van der Waals surface area contributed by atoms with Crippen LogP contribution in [0.1, 0.15) is 17.0 Å². The summed E-state index contributed by atoms with van der Waals surface area (Å²) in [7, 11) is 0. The molecule has 0 aliphatic carbocycles. The van der Waals surface area contributed by atoms with Crippen molar-refractivity contribution in [2.75, 3.05) is 6.61 Å². The maximum absolute atomic E-state index is 11.8. The Bertz CT molecular complexity index is 946. The molecule has 0 saturated carbocycles. The van der Waals surface area contributed by atoms with E-state index in [1.807, 2.05) is 30.5 Å². The van der Waals surface area contributed by atoms with E-state index in [0.717, 1.165) is 11.4 Å². The van der Waals surface area contributed by atoms with Crippen molar-refractivity contribution >= 4 is 35.2 Å². The molecule has 1 heterocycles. The highest BCUT2D eigenvalue weighted by Gasteiger charge is 2.16. The zero-order valence-corrected chi connectivity index (χ0v) is 15.0. The minimum atomic E-state index is -0.838. The SMILES string of the molecule is Cc1cc(/C=C(\C#N)C(=O)OCC#N)c(C)n1-c1cccc(Cl)c1Cl. The molecular formula is C18H13Cl2N3O2. The predicted octanol–water partition coefficient (Wildman–Crippen LogP) is 4.37. The molecule has 0 unspecified atom stereocenters. The van der Waals surface area contributed by atoms with E-state index in [1.54, 1.807) is 24.3 Å². The Labute approximate surface area is 155 Å². The number of halogens is 2. The van der Waals surface area contributed by atoms with Gasteiger partial charge in [0.05, 0.1) is 15.7 Å². The molecule has 0 amide bonds. The summed E-state index contributed by atoms with van der Waals surface area (Å²) in [4.78, 5) is 11.8. The van der Waals surface area contributed by atoms with Crippen LogP contribution in [0.2, 0.25) is 10.0 Å². The molecular weight excluding hydrogens is 361 g/mol. The van der Waals surface area contributed by atoms with Gasteiger partial charge in [-0.1, -0.05) is 29.3 Å². The maximum atomic E-state index is 11.8. The quantitative estimate of drug-likeness (QED) is 0.452. The predicted molar refractivity (Wildman–Crippen MR) is 95.4 cm³/mol. The molecule has 7 heteroatoms. The van der Waals surface area contributed by atoms with Gasteiger partial charge in [0.1, 0.15) is 17.7 Å². The average Bonchev–Trinajstić information content (AvgIpc) is 2.86. The lowest BCUT2D eigenvalue weighted by atomic mass is 10.1. The van der Waals surface area contributed by atoms with E-state index in [9.17, 15) is 10.1 Å². The second-order valence-corrected chi connectivity index (χ2v) is 5.92. The number of ether oxygens (including phenoxy) is 1. The molecule has 2 aromatic rings. The smallest absolute Gasteiger partial charge is 0.349 e. The van der Waals surface area contributed by atoms with Crippen LogP contribution in [0, 0.1) is 36.5 Å². The fourth-order valence-corrected chi connectivity index (χ4v) is 2.82. The number of aromatic nitrogens is 1. The molecule has 0 spiro atoms. The number of nitrogens with zero attached hydrogens (tertiary/aromatic N) is 3. The molecule has 1 aromatic heterocycles. The monoisotopic (exact) mass is 373 g/mol. The first-order valence-electron chi connectivity index (χ1n) is 7.20. The summed E-state index contributed by atoms with van der Waals surface area (Å²) in [5.74, 6) is -0.838. The number of benzene rings is 1. The maximum Gasteiger partial charge on any atom is 0.349 e. The standard InChI is InChI=1S/C18H13Cl2N3O2/c1-11-8-13(9-14(10-22)18(24)25-7-6-21)12(2)23(11)16-5-3-4-15(19)17(16)20/h3-5,8-9H,7H2,1-2H3/b14-9+. The third kappa shape index (κ3) is 3.85. The molecule has 0 fully saturated rings. The second-order valence-electron chi connectivity index (χ2n) is 5.14. The second kappa shape index (κ2) is 7.90. The van der Waals surface area contributed by atoms with Crippen molar-refractivity contribution in [1.82, 2.24) is 4.57 Å². The number of nitriles is 2. The molecule has 0 atom stereocenters. The molecule has 0 bridgehead atoms. The van der Waals surface area contributed by atoms with Crippen LogP contribution in [-0.2, 0) is 9.53 Å². The highest BCUT2D eigenvalue weighted by Crippen LogP contribution is 2.32. The third-order valence-electron chi connectivity index (χ3n) is 3.55. The first kappa shape index (κ1) is 18.6. The van der Waals surface area contributed by atoms with E-state index in [4.69, 9.17) is 28.5 Å². The first-order valence-corrected chi connectivity index (χ1v) is 7.95. The van der Waals surface area contributed by atoms with Crippen LogP contribution in [-0.4, -0.2) is 17.1 Å². The number of aryl methyl sites for hydroxylation is 1. The van der Waals surface area contributed by atoms with Gasteiger partial charge in [0, 0.05) is 11.4 Å². The lowest BCUT2D eigenvalue weighted by Gasteiger charge is -2.12. The summed E-state index contributed by atoms with van der Waals surface area (Å²) in [6.45, 7) is 3.31. The Morgan fingerprint density at radius 3 is 2.68 bits per heavy atom. The van der Waals surface area contributed by atoms with Gasteiger partial charge in [-0.15, -0.1) is 0 Å². The highest BCUT2D eigenvalue weighted by molar-refractivity contribution is 6.43. The fourth-order valence-electron chi connectivity index (χ4n) is 2.44. The van der Waals surface area contributed by atoms with Gasteiger partial charge in [-0.25, -0.2) is 4.79 Å². The normalized spacial score (nSPS) is 10.9. The van der Waals surface area contributed by atoms with Gasteiger partial charge in [-0.3, -0.25) is 0 Å². The molecule has 2 rings (SSSR count). The number of carbonyl (C=O) groups is 1. The number of rotatable bonds is 4. The van der Waals surface area contributed by atoms with Crippen molar-refractivity contribution in [3.8, 4) is 17.8 Å². The van der Waals surface area contributed by atoms with Crippen molar-refractivity contribution in [3.63, 3.8) is 0 Å². The molecule has 0 saturated heterocycles. The first-order chi connectivity index (χ1) is 11.9. The zero-order chi connectivity index (χ0) is 18.6. The van der Waals surface area contributed by atoms with Crippen LogP contribution in [0.5, 0.6) is 0 Å². The third-order valence-corrected chi connectivity index (χ3v) is 4.36. The van der Waals surface area contributed by atoms with Crippen LogP contribution in [0.15, 0.2) is 29.8 Å². The Morgan fingerprint density at radius 1 is 1.32 bits per heavy atom. The van der Waals surface area contributed by atoms with Gasteiger partial charge >= 0.3 is 5.97 Å². The van der Waals surface area contributed by atoms with Gasteiger partial charge < -0.3 is 9.30 Å². The molecule has 0 radical (unpaired) electrons. The minimum absolute atomic E-state index is 0.187. The van der Waals surface area contributed by atoms with E-state index < -0.39 is 12.6 Å². The zero-order valence-electron chi connectivity index (χ0n) is 13.5. The largest absolute Gasteiger partial charge is 0.446 e. The van der Waals surface area contributed by atoms with Crippen molar-refractivity contribution in [3.05, 3.63) is 56.8 Å². The number of hydrogen-bond acceptors (Lipinski definition) is 4. The van der Waals surface area contributed by atoms with E-state index >= 15 is 0 Å². The van der Waals surface area contributed by atoms with Crippen LogP contribution < -0.4 is 0 Å². The van der Waals surface area contributed by atoms with Gasteiger partial charge in [-0.2, -0.15) is 10.5 Å². The molecule has 5 nitrogen and oxygen atoms in total. The summed E-state index contributed by atoms with van der Waals surface area (Å²) in [5, 5.41) is 18.5. The Hall–Kier alpha value is -2.73. The van der Waals surface area contributed by atoms with Crippen LogP contribution in [0.3, 0.4) is 0 Å². The molecule has 126 valence electrons. The Kier molecular flexibility index (Phi) is 5.88. The van der Waals surface area contributed by atoms with E-state index in [1.165, 1.54) is 6.08 Å². The Balaban J connectivity index is 2.51. The van der Waals surface area contributed by atoms with Gasteiger partial charge in [0.25, 0.3) is 0 Å². The van der Waals surface area contributed by atoms with Crippen LogP contribution in [0.25, 0.3) is 11.8 Å². The summed E-state index contributed by atoms with van der Waals surface area (Å²) >= 11 is 12.4. The lowest BCUT2D eigenvalue weighted by Crippen LogP contribution is -2.07. The van der Waals surface area contributed by atoms with Gasteiger partial charge in [0.15, 0.2) is 6.61 Å². The molecule has 0 aliphatic heterocycles. The van der Waals surface area contributed by atoms with Crippen molar-refractivity contribution in [2.45, 2.75) is 13.8 Å². The number of esters is 1. The summed E-state index contributed by atoms with van der Waals surface area (Å²) in [6, 6.07) is 10.6. The van der Waals surface area contributed by atoms with E-state index in [-0.39, 0.29) is 5.57 Å². The average molecular weight is 374 g/mol. The Morgan fingerprint density at radius 2 is 2.04 bits per heavy atom. The topological polar surface area (TPSA) is 78.8 Å². The summed E-state index contributed by atoms with van der Waals surface area (Å²) < 4.78 is 6.56. The molecule has 0 N–H and O–H groups in total. The van der Waals surface area contributed by atoms with Crippen LogP contribution >= 0.6 is 23.2 Å².